The topological polar surface area (TPSA) is 75.6 Å². The Morgan fingerprint density at radius 1 is 1.25 bits per heavy atom. The van der Waals surface area contributed by atoms with Gasteiger partial charge in [0.25, 0.3) is 5.91 Å². The number of nitrogens with one attached hydrogen (secondary N) is 1. The molecule has 5 nitrogen and oxygen atoms in total. The predicted molar refractivity (Wildman–Crippen MR) is 75.5 cm³/mol. The second kappa shape index (κ2) is 7.65. The average molecular weight is 279 g/mol. The van der Waals surface area contributed by atoms with Crippen LogP contribution in [-0.2, 0) is 16.1 Å². The highest BCUT2D eigenvalue weighted by molar-refractivity contribution is 5.96. The van der Waals surface area contributed by atoms with Gasteiger partial charge in [-0.15, -0.1) is 0 Å². The summed E-state index contributed by atoms with van der Waals surface area (Å²) in [7, 11) is 0. The van der Waals surface area contributed by atoms with E-state index in [-0.39, 0.29) is 12.0 Å². The van der Waals surface area contributed by atoms with Gasteiger partial charge in [-0.1, -0.05) is 19.1 Å². The minimum Gasteiger partial charge on any atom is -0.480 e. The van der Waals surface area contributed by atoms with Crippen molar-refractivity contribution in [1.82, 2.24) is 5.32 Å². The van der Waals surface area contributed by atoms with Gasteiger partial charge in [-0.3, -0.25) is 4.79 Å². The molecule has 0 bridgehead atoms. The lowest BCUT2D eigenvalue weighted by molar-refractivity contribution is -0.139. The third-order valence-corrected chi connectivity index (χ3v) is 2.81. The van der Waals surface area contributed by atoms with Gasteiger partial charge in [0.05, 0.1) is 12.7 Å². The molecule has 20 heavy (non-hydrogen) atoms. The highest BCUT2D eigenvalue weighted by atomic mass is 16.5. The number of aliphatic carboxylic acids is 1. The van der Waals surface area contributed by atoms with Crippen molar-refractivity contribution in [3.63, 3.8) is 0 Å². The van der Waals surface area contributed by atoms with Crippen LogP contribution < -0.4 is 5.32 Å². The summed E-state index contributed by atoms with van der Waals surface area (Å²) < 4.78 is 5.46. The van der Waals surface area contributed by atoms with Gasteiger partial charge in [0.15, 0.2) is 0 Å². The first-order valence-electron chi connectivity index (χ1n) is 6.68. The van der Waals surface area contributed by atoms with Gasteiger partial charge in [0.2, 0.25) is 0 Å². The zero-order chi connectivity index (χ0) is 15.1. The molecule has 0 spiro atoms. The van der Waals surface area contributed by atoms with E-state index >= 15 is 0 Å². The maximum atomic E-state index is 11.9. The maximum absolute atomic E-state index is 11.9. The summed E-state index contributed by atoms with van der Waals surface area (Å²) in [4.78, 5) is 22.8. The molecule has 0 saturated heterocycles. The summed E-state index contributed by atoms with van der Waals surface area (Å²) in [5.41, 5.74) is 1.42. The van der Waals surface area contributed by atoms with E-state index in [1.807, 2.05) is 13.8 Å². The number of rotatable bonds is 7. The number of hydrogen-bond donors (Lipinski definition) is 2. The smallest absolute Gasteiger partial charge is 0.326 e. The number of carbonyl (C=O) groups is 2. The lowest BCUT2D eigenvalue weighted by Crippen LogP contribution is -2.40. The fraction of sp³-hybridized carbons (Fsp3) is 0.467. The zero-order valence-electron chi connectivity index (χ0n) is 12.1. The van der Waals surface area contributed by atoms with E-state index in [1.165, 1.54) is 0 Å². The number of ether oxygens (including phenoxy) is 1. The zero-order valence-corrected chi connectivity index (χ0v) is 12.1. The molecule has 0 aliphatic heterocycles. The Bertz CT molecular complexity index is 453. The van der Waals surface area contributed by atoms with Crippen LogP contribution in [0.2, 0.25) is 0 Å². The Kier molecular flexibility index (Phi) is 6.18. The second-order valence-corrected chi connectivity index (χ2v) is 4.83. The van der Waals surface area contributed by atoms with E-state index in [9.17, 15) is 9.59 Å². The van der Waals surface area contributed by atoms with E-state index in [4.69, 9.17) is 9.84 Å². The monoisotopic (exact) mass is 279 g/mol. The number of benzene rings is 1. The number of amides is 1. The summed E-state index contributed by atoms with van der Waals surface area (Å²) >= 11 is 0. The number of carbonyl (C=O) groups excluding carboxylic acids is 1. The highest BCUT2D eigenvalue weighted by Gasteiger charge is 2.18. The standard InChI is InChI=1S/C15H21NO4/c1-4-13(15(18)19)16-14(17)12-7-5-11(6-8-12)9-20-10(2)3/h5-8,10,13H,4,9H2,1-3H3,(H,16,17)(H,18,19)/t13-/m0/s1. The van der Waals surface area contributed by atoms with Gasteiger partial charge >= 0.3 is 5.97 Å². The molecule has 1 amide bonds. The number of carboxylic acids is 1. The Balaban J connectivity index is 2.63. The third kappa shape index (κ3) is 5.01. The van der Waals surface area contributed by atoms with Crippen molar-refractivity contribution >= 4 is 11.9 Å². The molecule has 0 aromatic heterocycles. The van der Waals surface area contributed by atoms with E-state index < -0.39 is 12.0 Å². The molecule has 1 rings (SSSR count). The SMILES string of the molecule is CC[C@H](NC(=O)c1ccc(COC(C)C)cc1)C(=O)O. The molecule has 0 aliphatic carbocycles. The second-order valence-electron chi connectivity index (χ2n) is 4.83. The van der Waals surface area contributed by atoms with Crippen LogP contribution in [-0.4, -0.2) is 29.1 Å². The third-order valence-electron chi connectivity index (χ3n) is 2.81. The van der Waals surface area contributed by atoms with Crippen molar-refractivity contribution in [2.24, 2.45) is 0 Å². The summed E-state index contributed by atoms with van der Waals surface area (Å²) in [5, 5.41) is 11.4. The van der Waals surface area contributed by atoms with Gasteiger partial charge in [0, 0.05) is 5.56 Å². The van der Waals surface area contributed by atoms with Crippen molar-refractivity contribution in [2.45, 2.75) is 45.9 Å². The van der Waals surface area contributed by atoms with Crippen molar-refractivity contribution in [3.05, 3.63) is 35.4 Å². The number of hydrogen-bond acceptors (Lipinski definition) is 3. The fourth-order valence-electron chi connectivity index (χ4n) is 1.60. The first kappa shape index (κ1) is 16.2. The van der Waals surface area contributed by atoms with Gasteiger partial charge in [-0.05, 0) is 38.0 Å². The highest BCUT2D eigenvalue weighted by Crippen LogP contribution is 2.07. The first-order chi connectivity index (χ1) is 9.43. The van der Waals surface area contributed by atoms with Crippen molar-refractivity contribution in [3.8, 4) is 0 Å². The molecule has 0 saturated carbocycles. The molecular weight excluding hydrogens is 258 g/mol. The van der Waals surface area contributed by atoms with Crippen LogP contribution in [0.4, 0.5) is 0 Å². The molecule has 0 heterocycles. The first-order valence-corrected chi connectivity index (χ1v) is 6.68. The molecule has 0 radical (unpaired) electrons. The van der Waals surface area contributed by atoms with E-state index in [2.05, 4.69) is 5.32 Å². The summed E-state index contributed by atoms with van der Waals surface area (Å²) in [5.74, 6) is -1.40. The van der Waals surface area contributed by atoms with Crippen LogP contribution >= 0.6 is 0 Å². The van der Waals surface area contributed by atoms with Gasteiger partial charge in [-0.25, -0.2) is 4.79 Å². The molecule has 5 heteroatoms. The van der Waals surface area contributed by atoms with Crippen LogP contribution in [0.25, 0.3) is 0 Å². The lowest BCUT2D eigenvalue weighted by atomic mass is 10.1. The van der Waals surface area contributed by atoms with Crippen LogP contribution in [0.5, 0.6) is 0 Å². The lowest BCUT2D eigenvalue weighted by Gasteiger charge is -2.12. The summed E-state index contributed by atoms with van der Waals surface area (Å²) in [6, 6.07) is 6.09. The quantitative estimate of drug-likeness (QED) is 0.802. The van der Waals surface area contributed by atoms with Crippen LogP contribution in [0.3, 0.4) is 0 Å². The van der Waals surface area contributed by atoms with Crippen molar-refractivity contribution < 1.29 is 19.4 Å². The molecule has 0 aliphatic rings. The summed E-state index contributed by atoms with van der Waals surface area (Å²) in [6.45, 7) is 6.12. The van der Waals surface area contributed by atoms with Crippen molar-refractivity contribution in [1.29, 1.82) is 0 Å². The molecule has 2 N–H and O–H groups in total. The molecule has 1 aromatic carbocycles. The van der Waals surface area contributed by atoms with Gasteiger partial charge < -0.3 is 15.2 Å². The summed E-state index contributed by atoms with van der Waals surface area (Å²) in [6.07, 6.45) is 0.500. The molecular formula is C15H21NO4. The number of carboxylic acid groups (broad SMARTS) is 1. The minimum atomic E-state index is -1.03. The molecule has 1 aromatic rings. The maximum Gasteiger partial charge on any atom is 0.326 e. The van der Waals surface area contributed by atoms with Crippen LogP contribution in [0.1, 0.15) is 43.1 Å². The van der Waals surface area contributed by atoms with Crippen molar-refractivity contribution in [2.75, 3.05) is 0 Å². The van der Waals surface area contributed by atoms with Gasteiger partial charge in [0.1, 0.15) is 6.04 Å². The normalized spacial score (nSPS) is 12.2. The largest absolute Gasteiger partial charge is 0.480 e. The predicted octanol–water partition coefficient (Wildman–Crippen LogP) is 2.20. The Morgan fingerprint density at radius 3 is 2.30 bits per heavy atom. The van der Waals surface area contributed by atoms with Crippen LogP contribution in [0, 0.1) is 0 Å². The minimum absolute atomic E-state index is 0.152. The van der Waals surface area contributed by atoms with Gasteiger partial charge in [-0.2, -0.15) is 0 Å². The fourth-order valence-corrected chi connectivity index (χ4v) is 1.60. The Labute approximate surface area is 118 Å². The van der Waals surface area contributed by atoms with E-state index in [0.717, 1.165) is 5.56 Å². The molecule has 0 fully saturated rings. The molecule has 1 atom stereocenters. The Hall–Kier alpha value is -1.88. The van der Waals surface area contributed by atoms with E-state index in [1.54, 1.807) is 31.2 Å². The molecule has 110 valence electrons. The van der Waals surface area contributed by atoms with E-state index in [0.29, 0.717) is 18.6 Å². The van der Waals surface area contributed by atoms with Crippen LogP contribution in [0.15, 0.2) is 24.3 Å². The Morgan fingerprint density at radius 2 is 1.85 bits per heavy atom. The average Bonchev–Trinajstić information content (AvgIpc) is 2.42. The molecule has 0 unspecified atom stereocenters.